The average Bonchev–Trinajstić information content (AvgIpc) is 2.09. The van der Waals surface area contributed by atoms with Gasteiger partial charge < -0.3 is 5.32 Å². The molecule has 0 aromatic carbocycles. The van der Waals surface area contributed by atoms with Crippen molar-refractivity contribution in [1.82, 2.24) is 5.32 Å². The summed E-state index contributed by atoms with van der Waals surface area (Å²) in [6.45, 7) is 12.5. The molecule has 0 saturated carbocycles. The Kier molecular flexibility index (Phi) is 5.98. The first-order valence-electron chi connectivity index (χ1n) is 6.02. The van der Waals surface area contributed by atoms with Crippen molar-refractivity contribution in [2.75, 3.05) is 12.3 Å². The summed E-state index contributed by atoms with van der Waals surface area (Å²) in [4.78, 5) is 0. The molecular weight excluding hydrogens is 222 g/mol. The van der Waals surface area contributed by atoms with Gasteiger partial charge in [0.15, 0.2) is 9.84 Å². The van der Waals surface area contributed by atoms with Crippen LogP contribution in [0.5, 0.6) is 0 Å². The van der Waals surface area contributed by atoms with E-state index in [2.05, 4.69) is 26.1 Å². The lowest BCUT2D eigenvalue weighted by Crippen LogP contribution is -2.33. The van der Waals surface area contributed by atoms with Gasteiger partial charge in [-0.1, -0.05) is 20.8 Å². The van der Waals surface area contributed by atoms with Gasteiger partial charge in [-0.05, 0) is 39.7 Å². The van der Waals surface area contributed by atoms with Gasteiger partial charge in [0.1, 0.15) is 0 Å². The average molecular weight is 249 g/mol. The van der Waals surface area contributed by atoms with Crippen LogP contribution >= 0.6 is 0 Å². The lowest BCUT2D eigenvalue weighted by Gasteiger charge is -2.21. The van der Waals surface area contributed by atoms with Gasteiger partial charge in [-0.15, -0.1) is 0 Å². The van der Waals surface area contributed by atoms with Crippen molar-refractivity contribution in [2.24, 2.45) is 5.92 Å². The van der Waals surface area contributed by atoms with Crippen LogP contribution in [0.4, 0.5) is 0 Å². The maximum absolute atomic E-state index is 11.9. The number of nitrogens with one attached hydrogen (secondary N) is 1. The van der Waals surface area contributed by atoms with E-state index < -0.39 is 14.6 Å². The number of sulfone groups is 1. The van der Waals surface area contributed by atoms with Gasteiger partial charge in [0, 0.05) is 6.04 Å². The highest BCUT2D eigenvalue weighted by Gasteiger charge is 2.28. The number of rotatable bonds is 6. The van der Waals surface area contributed by atoms with Gasteiger partial charge in [0.2, 0.25) is 0 Å². The molecule has 0 aliphatic rings. The predicted octanol–water partition coefficient (Wildman–Crippen LogP) is 2.22. The second-order valence-corrected chi connectivity index (χ2v) is 8.75. The van der Waals surface area contributed by atoms with E-state index in [4.69, 9.17) is 0 Å². The molecular formula is C12H27NO2S. The van der Waals surface area contributed by atoms with Crippen molar-refractivity contribution in [3.05, 3.63) is 0 Å². The first kappa shape index (κ1) is 15.9. The topological polar surface area (TPSA) is 46.2 Å². The SMILES string of the molecule is CC(CCS(=O)(=O)C(C)(C)C)CNC(C)C. The highest BCUT2D eigenvalue weighted by molar-refractivity contribution is 7.92. The van der Waals surface area contributed by atoms with E-state index >= 15 is 0 Å². The van der Waals surface area contributed by atoms with Crippen LogP contribution in [0.25, 0.3) is 0 Å². The molecule has 0 saturated heterocycles. The van der Waals surface area contributed by atoms with Gasteiger partial charge in [-0.2, -0.15) is 0 Å². The Labute approximate surface area is 101 Å². The van der Waals surface area contributed by atoms with Crippen molar-refractivity contribution in [1.29, 1.82) is 0 Å². The summed E-state index contributed by atoms with van der Waals surface area (Å²) in [6.07, 6.45) is 0.735. The lowest BCUT2D eigenvalue weighted by molar-refractivity contribution is 0.463. The zero-order chi connectivity index (χ0) is 13.0. The van der Waals surface area contributed by atoms with Crippen LogP contribution in [0.15, 0.2) is 0 Å². The molecule has 0 amide bonds. The lowest BCUT2D eigenvalue weighted by atomic mass is 10.1. The second kappa shape index (κ2) is 6.01. The Hall–Kier alpha value is -0.0900. The monoisotopic (exact) mass is 249 g/mol. The van der Waals surface area contributed by atoms with E-state index in [1.165, 1.54) is 0 Å². The van der Waals surface area contributed by atoms with Gasteiger partial charge >= 0.3 is 0 Å². The van der Waals surface area contributed by atoms with Crippen molar-refractivity contribution in [3.8, 4) is 0 Å². The Bertz CT molecular complexity index is 289. The predicted molar refractivity (Wildman–Crippen MR) is 70.5 cm³/mol. The van der Waals surface area contributed by atoms with Crippen LogP contribution in [0.1, 0.15) is 48.0 Å². The zero-order valence-electron chi connectivity index (χ0n) is 11.5. The molecule has 0 rings (SSSR count). The van der Waals surface area contributed by atoms with Crippen molar-refractivity contribution in [2.45, 2.75) is 58.8 Å². The molecule has 0 spiro atoms. The van der Waals surface area contributed by atoms with Crippen molar-refractivity contribution >= 4 is 9.84 Å². The van der Waals surface area contributed by atoms with E-state index in [0.717, 1.165) is 13.0 Å². The third-order valence-corrected chi connectivity index (χ3v) is 5.33. The van der Waals surface area contributed by atoms with Crippen LogP contribution in [-0.2, 0) is 9.84 Å². The molecule has 3 nitrogen and oxygen atoms in total. The summed E-state index contributed by atoms with van der Waals surface area (Å²) < 4.78 is 23.1. The third kappa shape index (κ3) is 5.85. The Morgan fingerprint density at radius 3 is 2.00 bits per heavy atom. The summed E-state index contributed by atoms with van der Waals surface area (Å²) >= 11 is 0. The minimum atomic E-state index is -2.96. The van der Waals surface area contributed by atoms with E-state index in [9.17, 15) is 8.42 Å². The molecule has 0 aromatic heterocycles. The normalized spacial score (nSPS) is 15.4. The molecule has 0 aromatic rings. The molecule has 1 N–H and O–H groups in total. The fraction of sp³-hybridized carbons (Fsp3) is 1.00. The molecule has 0 aliphatic heterocycles. The first-order valence-corrected chi connectivity index (χ1v) is 7.67. The van der Waals surface area contributed by atoms with Crippen LogP contribution in [0, 0.1) is 5.92 Å². The van der Waals surface area contributed by atoms with E-state index in [0.29, 0.717) is 12.0 Å². The molecule has 0 fully saturated rings. The zero-order valence-corrected chi connectivity index (χ0v) is 12.3. The molecule has 0 bridgehead atoms. The minimum Gasteiger partial charge on any atom is -0.314 e. The van der Waals surface area contributed by atoms with Crippen LogP contribution < -0.4 is 5.32 Å². The van der Waals surface area contributed by atoms with E-state index in [1.807, 2.05) is 0 Å². The molecule has 4 heteroatoms. The smallest absolute Gasteiger partial charge is 0.155 e. The van der Waals surface area contributed by atoms with Crippen molar-refractivity contribution in [3.63, 3.8) is 0 Å². The van der Waals surface area contributed by atoms with Crippen LogP contribution in [0.3, 0.4) is 0 Å². The van der Waals surface area contributed by atoms with E-state index in [-0.39, 0.29) is 5.75 Å². The summed E-state index contributed by atoms with van der Waals surface area (Å²) in [7, 11) is -2.96. The molecule has 98 valence electrons. The second-order valence-electron chi connectivity index (χ2n) is 5.89. The van der Waals surface area contributed by atoms with Gasteiger partial charge in [-0.25, -0.2) is 8.42 Å². The fourth-order valence-electron chi connectivity index (χ4n) is 1.20. The Morgan fingerprint density at radius 2 is 1.62 bits per heavy atom. The number of hydrogen-bond donors (Lipinski definition) is 1. The largest absolute Gasteiger partial charge is 0.314 e. The van der Waals surface area contributed by atoms with E-state index in [1.54, 1.807) is 20.8 Å². The Balaban J connectivity index is 4.07. The molecule has 0 heterocycles. The summed E-state index contributed by atoms with van der Waals surface area (Å²) in [5.74, 6) is 0.691. The van der Waals surface area contributed by atoms with Gasteiger partial charge in [0.25, 0.3) is 0 Å². The maximum atomic E-state index is 11.9. The quantitative estimate of drug-likeness (QED) is 0.785. The molecule has 1 atom stereocenters. The van der Waals surface area contributed by atoms with Crippen LogP contribution in [0.2, 0.25) is 0 Å². The summed E-state index contributed by atoms with van der Waals surface area (Å²) in [6, 6.07) is 0.460. The highest BCUT2D eigenvalue weighted by atomic mass is 32.2. The molecule has 1 unspecified atom stereocenters. The maximum Gasteiger partial charge on any atom is 0.155 e. The van der Waals surface area contributed by atoms with Crippen molar-refractivity contribution < 1.29 is 8.42 Å². The molecule has 0 aliphatic carbocycles. The Morgan fingerprint density at radius 1 is 1.12 bits per heavy atom. The summed E-state index contributed by atoms with van der Waals surface area (Å²) in [5, 5.41) is 3.33. The number of hydrogen-bond acceptors (Lipinski definition) is 3. The summed E-state index contributed by atoms with van der Waals surface area (Å²) in [5.41, 5.74) is 0. The minimum absolute atomic E-state index is 0.289. The van der Waals surface area contributed by atoms with Crippen LogP contribution in [-0.4, -0.2) is 31.5 Å². The first-order chi connectivity index (χ1) is 7.06. The van der Waals surface area contributed by atoms with Gasteiger partial charge in [0.05, 0.1) is 10.5 Å². The standard InChI is InChI=1S/C12H27NO2S/c1-10(2)13-9-11(3)7-8-16(14,15)12(4,5)6/h10-11,13H,7-9H2,1-6H3. The fourth-order valence-corrected chi connectivity index (χ4v) is 2.53. The molecule has 0 radical (unpaired) electrons. The molecule has 16 heavy (non-hydrogen) atoms. The van der Waals surface area contributed by atoms with Gasteiger partial charge in [-0.3, -0.25) is 0 Å². The third-order valence-electron chi connectivity index (χ3n) is 2.69. The highest BCUT2D eigenvalue weighted by Crippen LogP contribution is 2.18.